The van der Waals surface area contributed by atoms with E-state index in [0.29, 0.717) is 16.9 Å². The van der Waals surface area contributed by atoms with Gasteiger partial charge in [-0.05, 0) is 65.1 Å². The summed E-state index contributed by atoms with van der Waals surface area (Å²) in [4.78, 5) is 11.8. The number of nitriles is 1. The number of rotatable bonds is 2. The molecule has 0 fully saturated rings. The first-order chi connectivity index (χ1) is 8.69. The molecule has 0 aliphatic heterocycles. The summed E-state index contributed by atoms with van der Waals surface area (Å²) in [6, 6.07) is 15.6. The van der Waals surface area contributed by atoms with Crippen molar-refractivity contribution in [2.75, 3.05) is 0 Å². The molecule has 0 saturated carbocycles. The fourth-order valence-electron chi connectivity index (χ4n) is 1.38. The summed E-state index contributed by atoms with van der Waals surface area (Å²) in [6.07, 6.45) is 0. The Morgan fingerprint density at radius 1 is 1.17 bits per heavy atom. The van der Waals surface area contributed by atoms with E-state index in [1.54, 1.807) is 42.5 Å². The van der Waals surface area contributed by atoms with Gasteiger partial charge in [0.05, 0.1) is 17.2 Å². The second-order valence-electron chi connectivity index (χ2n) is 3.54. The Kier molecular flexibility index (Phi) is 3.95. The molecule has 0 aliphatic rings. The summed E-state index contributed by atoms with van der Waals surface area (Å²) in [6.45, 7) is 0. The van der Waals surface area contributed by atoms with Gasteiger partial charge in [0, 0.05) is 3.57 Å². The summed E-state index contributed by atoms with van der Waals surface area (Å²) in [5.41, 5.74) is 1.04. The lowest BCUT2D eigenvalue weighted by Gasteiger charge is -2.04. The second-order valence-corrected chi connectivity index (χ2v) is 4.78. The number of hydrogen-bond donors (Lipinski definition) is 0. The lowest BCUT2D eigenvalue weighted by molar-refractivity contribution is 0.0734. The van der Waals surface area contributed by atoms with Gasteiger partial charge < -0.3 is 4.74 Å². The van der Waals surface area contributed by atoms with Gasteiger partial charge in [0.1, 0.15) is 5.75 Å². The first-order valence-corrected chi connectivity index (χ1v) is 6.25. The van der Waals surface area contributed by atoms with Crippen LogP contribution in [0, 0.1) is 14.9 Å². The van der Waals surface area contributed by atoms with Gasteiger partial charge in [0.25, 0.3) is 0 Å². The van der Waals surface area contributed by atoms with Gasteiger partial charge in [0.2, 0.25) is 0 Å². The Hall–Kier alpha value is -1.87. The first-order valence-electron chi connectivity index (χ1n) is 5.17. The lowest BCUT2D eigenvalue weighted by atomic mass is 10.2. The molecule has 2 aromatic rings. The maximum absolute atomic E-state index is 11.8. The highest BCUT2D eigenvalue weighted by atomic mass is 127. The summed E-state index contributed by atoms with van der Waals surface area (Å²) >= 11 is 2.14. The fraction of sp³-hybridized carbons (Fsp3) is 0. The van der Waals surface area contributed by atoms with E-state index >= 15 is 0 Å². The van der Waals surface area contributed by atoms with E-state index in [1.165, 1.54) is 0 Å². The standard InChI is InChI=1S/C14H8INO2/c15-12-3-1-2-11(8-12)14(17)18-13-6-4-10(9-16)5-7-13/h1-8H. The van der Waals surface area contributed by atoms with Crippen LogP contribution < -0.4 is 4.74 Å². The summed E-state index contributed by atoms with van der Waals surface area (Å²) in [5, 5.41) is 8.66. The van der Waals surface area contributed by atoms with Crippen LogP contribution in [-0.2, 0) is 0 Å². The number of nitrogens with zero attached hydrogens (tertiary/aromatic N) is 1. The maximum atomic E-state index is 11.8. The van der Waals surface area contributed by atoms with Crippen LogP contribution in [0.2, 0.25) is 0 Å². The molecule has 0 amide bonds. The quantitative estimate of drug-likeness (QED) is 0.475. The number of ether oxygens (including phenoxy) is 1. The van der Waals surface area contributed by atoms with Gasteiger partial charge in [0.15, 0.2) is 0 Å². The number of benzene rings is 2. The second kappa shape index (κ2) is 5.65. The smallest absolute Gasteiger partial charge is 0.343 e. The van der Waals surface area contributed by atoms with Gasteiger partial charge in [-0.15, -0.1) is 0 Å². The van der Waals surface area contributed by atoms with E-state index in [4.69, 9.17) is 10.00 Å². The molecule has 2 rings (SSSR count). The van der Waals surface area contributed by atoms with Gasteiger partial charge in [-0.2, -0.15) is 5.26 Å². The Bertz CT molecular complexity index is 614. The molecule has 0 aromatic heterocycles. The Balaban J connectivity index is 2.14. The van der Waals surface area contributed by atoms with Crippen LogP contribution in [0.15, 0.2) is 48.5 Å². The highest BCUT2D eigenvalue weighted by molar-refractivity contribution is 14.1. The van der Waals surface area contributed by atoms with Crippen molar-refractivity contribution in [1.82, 2.24) is 0 Å². The molecule has 2 aromatic carbocycles. The molecule has 0 spiro atoms. The van der Waals surface area contributed by atoms with Crippen LogP contribution in [0.3, 0.4) is 0 Å². The Morgan fingerprint density at radius 3 is 2.50 bits per heavy atom. The van der Waals surface area contributed by atoms with Crippen molar-refractivity contribution in [3.63, 3.8) is 0 Å². The van der Waals surface area contributed by atoms with Crippen LogP contribution >= 0.6 is 22.6 Å². The van der Waals surface area contributed by atoms with Gasteiger partial charge in [-0.25, -0.2) is 4.79 Å². The van der Waals surface area contributed by atoms with Crippen LogP contribution in [0.1, 0.15) is 15.9 Å². The van der Waals surface area contributed by atoms with Gasteiger partial charge in [-0.3, -0.25) is 0 Å². The molecule has 0 bridgehead atoms. The van der Waals surface area contributed by atoms with E-state index < -0.39 is 5.97 Å². The number of hydrogen-bond acceptors (Lipinski definition) is 3. The van der Waals surface area contributed by atoms with Crippen molar-refractivity contribution in [2.24, 2.45) is 0 Å². The molecule has 0 N–H and O–H groups in total. The maximum Gasteiger partial charge on any atom is 0.343 e. The van der Waals surface area contributed by atoms with Crippen molar-refractivity contribution >= 4 is 28.6 Å². The fourth-order valence-corrected chi connectivity index (χ4v) is 1.92. The zero-order valence-electron chi connectivity index (χ0n) is 9.26. The minimum absolute atomic E-state index is 0.404. The molecule has 3 nitrogen and oxygen atoms in total. The highest BCUT2D eigenvalue weighted by Gasteiger charge is 2.08. The molecular formula is C14H8INO2. The zero-order chi connectivity index (χ0) is 13.0. The number of esters is 1. The van der Waals surface area contributed by atoms with Gasteiger partial charge in [-0.1, -0.05) is 6.07 Å². The monoisotopic (exact) mass is 349 g/mol. The molecule has 18 heavy (non-hydrogen) atoms. The van der Waals surface area contributed by atoms with E-state index in [0.717, 1.165) is 3.57 Å². The predicted octanol–water partition coefficient (Wildman–Crippen LogP) is 3.38. The normalized spacial score (nSPS) is 9.56. The predicted molar refractivity (Wildman–Crippen MR) is 75.3 cm³/mol. The topological polar surface area (TPSA) is 50.1 Å². The Labute approximate surface area is 118 Å². The molecule has 0 saturated heterocycles. The van der Waals surface area contributed by atoms with Crippen LogP contribution in [0.25, 0.3) is 0 Å². The molecule has 88 valence electrons. The molecule has 0 radical (unpaired) electrons. The molecule has 0 aliphatic carbocycles. The van der Waals surface area contributed by atoms with E-state index in [2.05, 4.69) is 22.6 Å². The third-order valence-corrected chi connectivity index (χ3v) is 2.93. The van der Waals surface area contributed by atoms with Crippen molar-refractivity contribution < 1.29 is 9.53 Å². The molecule has 0 atom stereocenters. The van der Waals surface area contributed by atoms with Crippen LogP contribution in [0.5, 0.6) is 5.75 Å². The summed E-state index contributed by atoms with van der Waals surface area (Å²) in [5.74, 6) is 0.0242. The minimum atomic E-state index is -0.404. The van der Waals surface area contributed by atoms with E-state index in [9.17, 15) is 4.79 Å². The Morgan fingerprint density at radius 2 is 1.89 bits per heavy atom. The van der Waals surface area contributed by atoms with E-state index in [1.807, 2.05) is 12.1 Å². The average Bonchev–Trinajstić information content (AvgIpc) is 2.39. The average molecular weight is 349 g/mol. The number of halogens is 1. The SMILES string of the molecule is N#Cc1ccc(OC(=O)c2cccc(I)c2)cc1. The molecule has 4 heteroatoms. The molecule has 0 unspecified atom stereocenters. The van der Waals surface area contributed by atoms with Gasteiger partial charge >= 0.3 is 5.97 Å². The first kappa shape index (κ1) is 12.6. The summed E-state index contributed by atoms with van der Waals surface area (Å²) in [7, 11) is 0. The van der Waals surface area contributed by atoms with Crippen molar-refractivity contribution in [3.05, 3.63) is 63.2 Å². The largest absolute Gasteiger partial charge is 0.423 e. The third kappa shape index (κ3) is 3.08. The number of carbonyl (C=O) groups is 1. The highest BCUT2D eigenvalue weighted by Crippen LogP contribution is 2.15. The number of carbonyl (C=O) groups excluding carboxylic acids is 1. The lowest BCUT2D eigenvalue weighted by Crippen LogP contribution is -2.08. The molecule has 0 heterocycles. The van der Waals surface area contributed by atoms with Crippen molar-refractivity contribution in [3.8, 4) is 11.8 Å². The third-order valence-electron chi connectivity index (χ3n) is 2.25. The van der Waals surface area contributed by atoms with Crippen molar-refractivity contribution in [2.45, 2.75) is 0 Å². The zero-order valence-corrected chi connectivity index (χ0v) is 11.4. The minimum Gasteiger partial charge on any atom is -0.423 e. The van der Waals surface area contributed by atoms with Crippen LogP contribution in [0.4, 0.5) is 0 Å². The molecular weight excluding hydrogens is 341 g/mol. The van der Waals surface area contributed by atoms with Crippen LogP contribution in [-0.4, -0.2) is 5.97 Å². The van der Waals surface area contributed by atoms with Crippen molar-refractivity contribution in [1.29, 1.82) is 5.26 Å². The summed E-state index contributed by atoms with van der Waals surface area (Å²) < 4.78 is 6.18. The van der Waals surface area contributed by atoms with E-state index in [-0.39, 0.29) is 0 Å².